The molecule has 1 fully saturated rings. The van der Waals surface area contributed by atoms with E-state index >= 15 is 0 Å². The van der Waals surface area contributed by atoms with Gasteiger partial charge in [0.15, 0.2) is 5.96 Å². The minimum absolute atomic E-state index is 0.0411. The normalized spacial score (nSPS) is 15.6. The molecule has 2 rings (SSSR count). The molecule has 1 aliphatic rings. The highest BCUT2D eigenvalue weighted by molar-refractivity contribution is 5.95. The molecule has 0 aromatic heterocycles. The van der Waals surface area contributed by atoms with Crippen molar-refractivity contribution in [2.24, 2.45) is 4.99 Å². The molecule has 2 amide bonds. The molecule has 0 spiro atoms. The molecule has 0 aliphatic carbocycles. The van der Waals surface area contributed by atoms with E-state index in [9.17, 15) is 9.59 Å². The van der Waals surface area contributed by atoms with Crippen LogP contribution in [0, 0.1) is 0 Å². The molecule has 1 heterocycles. The highest BCUT2D eigenvalue weighted by Gasteiger charge is 2.21. The Morgan fingerprint density at radius 2 is 2.00 bits per heavy atom. The highest BCUT2D eigenvalue weighted by atomic mass is 16.2. The van der Waals surface area contributed by atoms with E-state index in [-0.39, 0.29) is 17.9 Å². The van der Waals surface area contributed by atoms with Gasteiger partial charge in [0.05, 0.1) is 0 Å². The van der Waals surface area contributed by atoms with Gasteiger partial charge in [-0.3, -0.25) is 14.6 Å². The number of amides is 2. The van der Waals surface area contributed by atoms with Crippen LogP contribution in [0.5, 0.6) is 0 Å². The van der Waals surface area contributed by atoms with E-state index in [2.05, 4.69) is 20.9 Å². The molecular formula is C20H31N5O2. The Morgan fingerprint density at radius 1 is 1.26 bits per heavy atom. The zero-order valence-corrected chi connectivity index (χ0v) is 16.5. The molecule has 1 unspecified atom stereocenters. The first-order valence-electron chi connectivity index (χ1n) is 9.66. The first-order valence-corrected chi connectivity index (χ1v) is 9.66. The Morgan fingerprint density at radius 3 is 2.59 bits per heavy atom. The van der Waals surface area contributed by atoms with Crippen molar-refractivity contribution in [2.45, 2.75) is 52.1 Å². The van der Waals surface area contributed by atoms with Gasteiger partial charge in [-0.25, -0.2) is 0 Å². The third-order valence-corrected chi connectivity index (χ3v) is 4.67. The second-order valence-corrected chi connectivity index (χ2v) is 6.79. The minimum atomic E-state index is 0.0411. The van der Waals surface area contributed by atoms with E-state index < -0.39 is 0 Å². The van der Waals surface area contributed by atoms with Gasteiger partial charge in [-0.05, 0) is 37.5 Å². The molecule has 7 nitrogen and oxygen atoms in total. The van der Waals surface area contributed by atoms with Crippen LogP contribution in [0.1, 0.15) is 45.1 Å². The Bertz CT molecular complexity index is 657. The van der Waals surface area contributed by atoms with E-state index in [1.165, 1.54) is 0 Å². The number of carbonyl (C=O) groups is 2. The Hall–Kier alpha value is -2.57. The van der Waals surface area contributed by atoms with Crippen LogP contribution in [-0.2, 0) is 16.1 Å². The molecule has 1 saturated heterocycles. The van der Waals surface area contributed by atoms with Crippen LogP contribution in [0.15, 0.2) is 29.3 Å². The predicted molar refractivity (Wildman–Crippen MR) is 109 cm³/mol. The lowest BCUT2D eigenvalue weighted by Crippen LogP contribution is -2.40. The van der Waals surface area contributed by atoms with Crippen molar-refractivity contribution < 1.29 is 9.59 Å². The lowest BCUT2D eigenvalue weighted by Gasteiger charge is -2.16. The van der Waals surface area contributed by atoms with Crippen molar-refractivity contribution in [3.05, 3.63) is 29.8 Å². The molecule has 1 atom stereocenters. The summed E-state index contributed by atoms with van der Waals surface area (Å²) in [6.45, 7) is 5.99. The molecule has 0 bridgehead atoms. The average Bonchev–Trinajstić information content (AvgIpc) is 3.10. The number of guanidine groups is 1. The molecule has 1 aromatic carbocycles. The number of rotatable bonds is 8. The molecule has 148 valence electrons. The van der Waals surface area contributed by atoms with E-state index in [0.29, 0.717) is 31.9 Å². The number of hydrogen-bond acceptors (Lipinski definition) is 3. The molecule has 1 aromatic rings. The van der Waals surface area contributed by atoms with Gasteiger partial charge in [-0.15, -0.1) is 0 Å². The van der Waals surface area contributed by atoms with Crippen LogP contribution in [0.3, 0.4) is 0 Å². The fraction of sp³-hybridized carbons (Fsp3) is 0.550. The zero-order valence-electron chi connectivity index (χ0n) is 16.5. The second-order valence-electron chi connectivity index (χ2n) is 6.79. The van der Waals surface area contributed by atoms with Gasteiger partial charge in [0.2, 0.25) is 11.8 Å². The second kappa shape index (κ2) is 10.5. The van der Waals surface area contributed by atoms with Gasteiger partial charge in [0.1, 0.15) is 0 Å². The third-order valence-electron chi connectivity index (χ3n) is 4.67. The summed E-state index contributed by atoms with van der Waals surface area (Å²) in [4.78, 5) is 29.6. The van der Waals surface area contributed by atoms with Crippen LogP contribution < -0.4 is 20.9 Å². The smallest absolute Gasteiger partial charge is 0.227 e. The molecule has 27 heavy (non-hydrogen) atoms. The Kier molecular flexibility index (Phi) is 8.10. The number of nitrogens with zero attached hydrogens (tertiary/aromatic N) is 2. The van der Waals surface area contributed by atoms with Gasteiger partial charge in [-0.2, -0.15) is 0 Å². The summed E-state index contributed by atoms with van der Waals surface area (Å²) in [5.41, 5.74) is 2.05. The minimum Gasteiger partial charge on any atom is -0.356 e. The summed E-state index contributed by atoms with van der Waals surface area (Å²) < 4.78 is 0. The quantitative estimate of drug-likeness (QED) is 0.479. The number of carbonyl (C=O) groups excluding carboxylic acids is 2. The number of anilines is 1. The lowest BCUT2D eigenvalue weighted by molar-refractivity contribution is -0.121. The largest absolute Gasteiger partial charge is 0.356 e. The summed E-state index contributed by atoms with van der Waals surface area (Å²) >= 11 is 0. The molecular weight excluding hydrogens is 342 g/mol. The molecule has 3 N–H and O–H groups in total. The van der Waals surface area contributed by atoms with E-state index in [1.54, 1.807) is 7.05 Å². The Labute approximate surface area is 161 Å². The SMILES string of the molecule is CCC(C)NC(=O)CCNC(=NC)NCc1ccc(N2CCCC2=O)cc1. The monoisotopic (exact) mass is 373 g/mol. The van der Waals surface area contributed by atoms with Crippen molar-refractivity contribution in [3.63, 3.8) is 0 Å². The van der Waals surface area contributed by atoms with Crippen molar-refractivity contribution in [1.29, 1.82) is 0 Å². The van der Waals surface area contributed by atoms with Gasteiger partial charge in [0, 0.05) is 51.3 Å². The number of hydrogen-bond donors (Lipinski definition) is 3. The maximum atomic E-state index is 11.8. The first kappa shape index (κ1) is 20.7. The Balaban J connectivity index is 1.74. The summed E-state index contributed by atoms with van der Waals surface area (Å²) in [7, 11) is 1.71. The van der Waals surface area contributed by atoms with Gasteiger partial charge < -0.3 is 20.9 Å². The fourth-order valence-electron chi connectivity index (χ4n) is 2.86. The summed E-state index contributed by atoms with van der Waals surface area (Å²) in [5, 5.41) is 9.33. The number of benzene rings is 1. The van der Waals surface area contributed by atoms with Crippen molar-refractivity contribution in [2.75, 3.05) is 25.0 Å². The van der Waals surface area contributed by atoms with Gasteiger partial charge in [0.25, 0.3) is 0 Å². The van der Waals surface area contributed by atoms with Crippen molar-refractivity contribution >= 4 is 23.5 Å². The van der Waals surface area contributed by atoms with Gasteiger partial charge >= 0.3 is 0 Å². The van der Waals surface area contributed by atoms with Crippen LogP contribution >= 0.6 is 0 Å². The van der Waals surface area contributed by atoms with Crippen LogP contribution in [0.25, 0.3) is 0 Å². The van der Waals surface area contributed by atoms with E-state index in [4.69, 9.17) is 0 Å². The topological polar surface area (TPSA) is 85.8 Å². The van der Waals surface area contributed by atoms with E-state index in [1.807, 2.05) is 43.0 Å². The molecule has 7 heteroatoms. The maximum absolute atomic E-state index is 11.8. The molecule has 0 radical (unpaired) electrons. The predicted octanol–water partition coefficient (Wildman–Crippen LogP) is 1.78. The standard InChI is InChI=1S/C20H31N5O2/c1-4-15(2)24-18(26)11-12-22-20(21-3)23-14-16-7-9-17(10-8-16)25-13-5-6-19(25)27/h7-10,15H,4-6,11-14H2,1-3H3,(H,24,26)(H2,21,22,23). The summed E-state index contributed by atoms with van der Waals surface area (Å²) in [6, 6.07) is 8.20. The third kappa shape index (κ3) is 6.58. The van der Waals surface area contributed by atoms with Crippen molar-refractivity contribution in [3.8, 4) is 0 Å². The average molecular weight is 374 g/mol. The van der Waals surface area contributed by atoms with E-state index in [0.717, 1.165) is 30.6 Å². The number of aliphatic imine (C=N–C) groups is 1. The first-order chi connectivity index (χ1) is 13.0. The zero-order chi connectivity index (χ0) is 19.6. The molecule has 0 saturated carbocycles. The van der Waals surface area contributed by atoms with Crippen LogP contribution in [0.2, 0.25) is 0 Å². The summed E-state index contributed by atoms with van der Waals surface area (Å²) in [6.07, 6.45) is 2.90. The molecule has 1 aliphatic heterocycles. The fourth-order valence-corrected chi connectivity index (χ4v) is 2.86. The van der Waals surface area contributed by atoms with Gasteiger partial charge in [-0.1, -0.05) is 19.1 Å². The summed E-state index contributed by atoms with van der Waals surface area (Å²) in [5.74, 6) is 0.896. The van der Waals surface area contributed by atoms with Crippen molar-refractivity contribution in [1.82, 2.24) is 16.0 Å². The van der Waals surface area contributed by atoms with Crippen LogP contribution in [0.4, 0.5) is 5.69 Å². The lowest BCUT2D eigenvalue weighted by atomic mass is 10.2. The number of nitrogens with one attached hydrogen (secondary N) is 3. The maximum Gasteiger partial charge on any atom is 0.227 e. The highest BCUT2D eigenvalue weighted by Crippen LogP contribution is 2.21. The van der Waals surface area contributed by atoms with Crippen LogP contribution in [-0.4, -0.2) is 44.0 Å².